The lowest BCUT2D eigenvalue weighted by molar-refractivity contribution is -0.141. The van der Waals surface area contributed by atoms with Crippen molar-refractivity contribution in [2.24, 2.45) is 5.41 Å². The van der Waals surface area contributed by atoms with Crippen LogP contribution in [0, 0.1) is 5.41 Å². The van der Waals surface area contributed by atoms with Crippen LogP contribution in [0.3, 0.4) is 0 Å². The van der Waals surface area contributed by atoms with Gasteiger partial charge in [0.25, 0.3) is 0 Å². The molecule has 3 rings (SSSR count). The van der Waals surface area contributed by atoms with E-state index in [1.165, 1.54) is 5.56 Å². The molecule has 2 amide bonds. The van der Waals surface area contributed by atoms with Gasteiger partial charge in [0, 0.05) is 37.0 Å². The van der Waals surface area contributed by atoms with E-state index in [0.717, 1.165) is 38.9 Å². The van der Waals surface area contributed by atoms with Crippen molar-refractivity contribution in [1.82, 2.24) is 15.1 Å². The first-order chi connectivity index (χ1) is 12.7. The number of carbonyl (C=O) groups excluding carboxylic acids is 2. The van der Waals surface area contributed by atoms with Gasteiger partial charge in [-0.3, -0.25) is 14.5 Å². The van der Waals surface area contributed by atoms with Crippen molar-refractivity contribution in [3.63, 3.8) is 0 Å². The highest BCUT2D eigenvalue weighted by Gasteiger charge is 2.41. The molecule has 1 aromatic carbocycles. The third-order valence-corrected chi connectivity index (χ3v) is 5.59. The van der Waals surface area contributed by atoms with Gasteiger partial charge >= 0.3 is 0 Å². The first kappa shape index (κ1) is 19.9. The summed E-state index contributed by atoms with van der Waals surface area (Å²) in [5.41, 5.74) is 1.11. The average Bonchev–Trinajstić information content (AvgIpc) is 2.58. The van der Waals surface area contributed by atoms with Crippen LogP contribution in [-0.2, 0) is 16.1 Å². The second kappa shape index (κ2) is 8.01. The second-order valence-corrected chi connectivity index (χ2v) is 9.35. The Labute approximate surface area is 163 Å². The molecule has 0 saturated carbocycles. The Balaban J connectivity index is 1.62. The predicted molar refractivity (Wildman–Crippen MR) is 107 cm³/mol. The lowest BCUT2D eigenvalue weighted by Gasteiger charge is -2.48. The van der Waals surface area contributed by atoms with Gasteiger partial charge in [0.05, 0.1) is 6.54 Å². The van der Waals surface area contributed by atoms with Crippen LogP contribution in [-0.4, -0.2) is 53.3 Å². The monoisotopic (exact) mass is 371 g/mol. The Kier molecular flexibility index (Phi) is 5.89. The number of carbonyl (C=O) groups is 2. The molecule has 2 saturated heterocycles. The van der Waals surface area contributed by atoms with Crippen LogP contribution in [0.25, 0.3) is 0 Å². The van der Waals surface area contributed by atoms with Crippen molar-refractivity contribution in [2.75, 3.05) is 26.2 Å². The molecule has 5 nitrogen and oxygen atoms in total. The first-order valence-electron chi connectivity index (χ1n) is 10.1. The van der Waals surface area contributed by atoms with E-state index in [2.05, 4.69) is 22.3 Å². The number of hydrogen-bond donors (Lipinski definition) is 1. The molecule has 0 bridgehead atoms. The minimum atomic E-state index is -0.200. The van der Waals surface area contributed by atoms with Gasteiger partial charge in [-0.05, 0) is 52.1 Å². The van der Waals surface area contributed by atoms with E-state index in [4.69, 9.17) is 0 Å². The molecule has 1 spiro atoms. The fraction of sp³-hybridized carbons (Fsp3) is 0.636. The summed E-state index contributed by atoms with van der Waals surface area (Å²) in [6.07, 6.45) is 3.79. The van der Waals surface area contributed by atoms with E-state index in [1.807, 2.05) is 43.9 Å². The number of rotatable bonds is 4. The van der Waals surface area contributed by atoms with E-state index in [1.54, 1.807) is 0 Å². The van der Waals surface area contributed by atoms with Crippen LogP contribution in [0.2, 0.25) is 0 Å². The molecule has 2 heterocycles. The molecule has 1 N–H and O–H groups in total. The number of nitrogens with zero attached hydrogens (tertiary/aromatic N) is 2. The first-order valence-corrected chi connectivity index (χ1v) is 10.1. The quantitative estimate of drug-likeness (QED) is 0.885. The summed E-state index contributed by atoms with van der Waals surface area (Å²) in [5.74, 6) is 0.347. The van der Waals surface area contributed by atoms with Crippen LogP contribution >= 0.6 is 0 Å². The summed E-state index contributed by atoms with van der Waals surface area (Å²) < 4.78 is 0. The molecule has 1 atom stereocenters. The third-order valence-electron chi connectivity index (χ3n) is 5.59. The van der Waals surface area contributed by atoms with Gasteiger partial charge in [0.1, 0.15) is 0 Å². The van der Waals surface area contributed by atoms with E-state index in [-0.39, 0.29) is 22.8 Å². The number of amides is 2. The van der Waals surface area contributed by atoms with Gasteiger partial charge in [-0.15, -0.1) is 0 Å². The van der Waals surface area contributed by atoms with E-state index >= 15 is 0 Å². The zero-order chi connectivity index (χ0) is 19.5. The van der Waals surface area contributed by atoms with Gasteiger partial charge in [-0.1, -0.05) is 30.3 Å². The van der Waals surface area contributed by atoms with Gasteiger partial charge in [-0.2, -0.15) is 0 Å². The summed E-state index contributed by atoms with van der Waals surface area (Å²) in [7, 11) is 0. The molecule has 2 aliphatic rings. The van der Waals surface area contributed by atoms with E-state index in [0.29, 0.717) is 19.5 Å². The molecule has 2 fully saturated rings. The van der Waals surface area contributed by atoms with Crippen LogP contribution in [0.5, 0.6) is 0 Å². The van der Waals surface area contributed by atoms with E-state index < -0.39 is 0 Å². The van der Waals surface area contributed by atoms with Crippen molar-refractivity contribution < 1.29 is 9.59 Å². The van der Waals surface area contributed by atoms with E-state index in [9.17, 15) is 9.59 Å². The van der Waals surface area contributed by atoms with Crippen molar-refractivity contribution in [3.8, 4) is 0 Å². The van der Waals surface area contributed by atoms with Crippen molar-refractivity contribution in [2.45, 2.75) is 58.5 Å². The van der Waals surface area contributed by atoms with Crippen molar-refractivity contribution in [1.29, 1.82) is 0 Å². The molecule has 5 heteroatoms. The molecule has 1 aromatic rings. The summed E-state index contributed by atoms with van der Waals surface area (Å²) in [5, 5.41) is 3.06. The molecule has 148 valence electrons. The molecule has 0 radical (unpaired) electrons. The van der Waals surface area contributed by atoms with Crippen LogP contribution < -0.4 is 5.32 Å². The summed E-state index contributed by atoms with van der Waals surface area (Å²) in [6, 6.07) is 10.2. The van der Waals surface area contributed by atoms with Crippen LogP contribution in [0.4, 0.5) is 0 Å². The Morgan fingerprint density at radius 1 is 1.15 bits per heavy atom. The summed E-state index contributed by atoms with van der Waals surface area (Å²) in [6.45, 7) is 9.84. The van der Waals surface area contributed by atoms with Crippen LogP contribution in [0.1, 0.15) is 52.0 Å². The molecule has 0 aliphatic carbocycles. The third kappa shape index (κ3) is 5.55. The SMILES string of the molecule is CC(C)(C)NC(=O)CN1CCCC2(CCC(=O)N(Cc3ccccc3)C2)C1. The lowest BCUT2D eigenvalue weighted by atomic mass is 9.73. The zero-order valence-corrected chi connectivity index (χ0v) is 17.0. The Morgan fingerprint density at radius 3 is 2.59 bits per heavy atom. The molecule has 2 aliphatic heterocycles. The minimum Gasteiger partial charge on any atom is -0.350 e. The molecule has 0 aromatic heterocycles. The standard InChI is InChI=1S/C22H33N3O2/c1-21(2,3)23-19(26)15-24-13-7-11-22(16-24)12-10-20(27)25(17-22)14-18-8-5-4-6-9-18/h4-6,8-9H,7,10-17H2,1-3H3,(H,23,26). The fourth-order valence-electron chi connectivity index (χ4n) is 4.49. The Bertz CT molecular complexity index is 668. The van der Waals surface area contributed by atoms with Crippen LogP contribution in [0.15, 0.2) is 30.3 Å². The smallest absolute Gasteiger partial charge is 0.234 e. The number of hydrogen-bond acceptors (Lipinski definition) is 3. The Hall–Kier alpha value is -1.88. The zero-order valence-electron chi connectivity index (χ0n) is 17.0. The summed E-state index contributed by atoms with van der Waals surface area (Å²) >= 11 is 0. The van der Waals surface area contributed by atoms with Gasteiger partial charge in [0.15, 0.2) is 0 Å². The maximum atomic E-state index is 12.5. The fourth-order valence-corrected chi connectivity index (χ4v) is 4.49. The van der Waals surface area contributed by atoms with Crippen molar-refractivity contribution >= 4 is 11.8 Å². The molecular weight excluding hydrogens is 338 g/mol. The highest BCUT2D eigenvalue weighted by molar-refractivity contribution is 5.79. The van der Waals surface area contributed by atoms with Gasteiger partial charge < -0.3 is 10.2 Å². The lowest BCUT2D eigenvalue weighted by Crippen LogP contribution is -2.55. The number of nitrogens with one attached hydrogen (secondary N) is 1. The number of likely N-dealkylation sites (tertiary alicyclic amines) is 2. The average molecular weight is 372 g/mol. The number of piperidine rings is 2. The molecular formula is C22H33N3O2. The van der Waals surface area contributed by atoms with Gasteiger partial charge in [-0.25, -0.2) is 0 Å². The molecule has 27 heavy (non-hydrogen) atoms. The normalized spacial score (nSPS) is 24.3. The topological polar surface area (TPSA) is 52.7 Å². The highest BCUT2D eigenvalue weighted by Crippen LogP contribution is 2.39. The largest absolute Gasteiger partial charge is 0.350 e. The minimum absolute atomic E-state index is 0.0903. The Morgan fingerprint density at radius 2 is 1.89 bits per heavy atom. The maximum Gasteiger partial charge on any atom is 0.234 e. The maximum absolute atomic E-state index is 12.5. The second-order valence-electron chi connectivity index (χ2n) is 9.35. The van der Waals surface area contributed by atoms with Crippen molar-refractivity contribution in [3.05, 3.63) is 35.9 Å². The molecule has 1 unspecified atom stereocenters. The number of benzene rings is 1. The predicted octanol–water partition coefficient (Wildman–Crippen LogP) is 2.81. The highest BCUT2D eigenvalue weighted by atomic mass is 16.2. The van der Waals surface area contributed by atoms with Gasteiger partial charge in [0.2, 0.25) is 11.8 Å². The summed E-state index contributed by atoms with van der Waals surface area (Å²) in [4.78, 5) is 29.1.